The van der Waals surface area contributed by atoms with Crippen molar-refractivity contribution in [3.05, 3.63) is 88.5 Å². The number of aryl methyl sites for hydroxylation is 1. The molecule has 7 heteroatoms. The van der Waals surface area contributed by atoms with Crippen LogP contribution in [0.1, 0.15) is 51.6 Å². The van der Waals surface area contributed by atoms with Crippen molar-refractivity contribution in [2.24, 2.45) is 0 Å². The molecule has 3 aromatic rings. The van der Waals surface area contributed by atoms with Gasteiger partial charge in [-0.25, -0.2) is 4.39 Å². The number of phenols is 1. The molecule has 2 heterocycles. The highest BCUT2D eigenvalue weighted by Crippen LogP contribution is 2.31. The number of carbonyl (C=O) groups excluding carboxylic acids is 1. The van der Waals surface area contributed by atoms with Crippen molar-refractivity contribution >= 4 is 5.91 Å². The van der Waals surface area contributed by atoms with Crippen molar-refractivity contribution in [3.8, 4) is 11.5 Å². The van der Waals surface area contributed by atoms with Crippen LogP contribution in [0.3, 0.4) is 0 Å². The molecule has 0 saturated carbocycles. The fourth-order valence-electron chi connectivity index (χ4n) is 4.41. The molecule has 34 heavy (non-hydrogen) atoms. The van der Waals surface area contributed by atoms with Crippen molar-refractivity contribution in [3.63, 3.8) is 0 Å². The zero-order valence-corrected chi connectivity index (χ0v) is 19.6. The molecule has 0 spiro atoms. The lowest BCUT2D eigenvalue weighted by Gasteiger charge is -2.32. The first-order chi connectivity index (χ1) is 16.4. The number of nitrogens with zero attached hydrogens (tertiary/aromatic N) is 2. The van der Waals surface area contributed by atoms with Crippen LogP contribution in [0.5, 0.6) is 11.5 Å². The van der Waals surface area contributed by atoms with Crippen LogP contribution in [-0.2, 0) is 13.1 Å². The molecule has 0 bridgehead atoms. The predicted octanol–water partition coefficient (Wildman–Crippen LogP) is 4.55. The van der Waals surface area contributed by atoms with Crippen molar-refractivity contribution < 1.29 is 19.0 Å². The number of aromatic hydroxyl groups is 1. The van der Waals surface area contributed by atoms with E-state index >= 15 is 0 Å². The molecular formula is C27H30FN3O3. The van der Waals surface area contributed by atoms with E-state index in [2.05, 4.69) is 10.2 Å². The van der Waals surface area contributed by atoms with Gasteiger partial charge in [0.2, 0.25) is 0 Å². The lowest BCUT2D eigenvalue weighted by molar-refractivity contribution is 0.0947. The van der Waals surface area contributed by atoms with Gasteiger partial charge in [0.1, 0.15) is 17.3 Å². The topological polar surface area (TPSA) is 74.7 Å². The Morgan fingerprint density at radius 1 is 1.18 bits per heavy atom. The number of carbonyl (C=O) groups is 1. The van der Waals surface area contributed by atoms with Gasteiger partial charge in [0.15, 0.2) is 0 Å². The molecule has 4 rings (SSSR count). The van der Waals surface area contributed by atoms with Gasteiger partial charge in [-0.15, -0.1) is 0 Å². The monoisotopic (exact) mass is 463 g/mol. The molecule has 1 fully saturated rings. The first-order valence-corrected chi connectivity index (χ1v) is 11.5. The molecule has 2 N–H and O–H groups in total. The summed E-state index contributed by atoms with van der Waals surface area (Å²) in [5, 5.41) is 13.2. The third kappa shape index (κ3) is 5.72. The highest BCUT2D eigenvalue weighted by molar-refractivity contribution is 5.95. The van der Waals surface area contributed by atoms with Gasteiger partial charge in [-0.1, -0.05) is 18.2 Å². The number of nitrogens with one attached hydrogen (secondary N) is 1. The molecule has 1 saturated heterocycles. The summed E-state index contributed by atoms with van der Waals surface area (Å²) in [7, 11) is 1.58. The first-order valence-electron chi connectivity index (χ1n) is 11.5. The van der Waals surface area contributed by atoms with Crippen molar-refractivity contribution in [2.75, 3.05) is 20.2 Å². The number of benzene rings is 2. The number of halogens is 1. The Morgan fingerprint density at radius 2 is 1.97 bits per heavy atom. The van der Waals surface area contributed by atoms with Crippen molar-refractivity contribution in [2.45, 2.75) is 38.8 Å². The maximum Gasteiger partial charge on any atom is 0.253 e. The number of likely N-dealkylation sites (tertiary alicyclic amines) is 1. The van der Waals surface area contributed by atoms with Crippen LogP contribution < -0.4 is 10.1 Å². The minimum absolute atomic E-state index is 0.176. The molecule has 1 aromatic heterocycles. The molecule has 0 radical (unpaired) electrons. The molecule has 178 valence electrons. The number of phenolic OH excluding ortho intramolecular Hbond substituents is 1. The van der Waals surface area contributed by atoms with E-state index in [0.29, 0.717) is 23.4 Å². The van der Waals surface area contributed by atoms with Gasteiger partial charge in [0.25, 0.3) is 5.91 Å². The minimum atomic E-state index is -0.320. The largest absolute Gasteiger partial charge is 0.507 e. The van der Waals surface area contributed by atoms with Gasteiger partial charge >= 0.3 is 0 Å². The van der Waals surface area contributed by atoms with E-state index in [1.165, 1.54) is 12.1 Å². The van der Waals surface area contributed by atoms with Crippen LogP contribution in [0, 0.1) is 12.7 Å². The summed E-state index contributed by atoms with van der Waals surface area (Å²) >= 11 is 0. The number of pyridine rings is 1. The van der Waals surface area contributed by atoms with Gasteiger partial charge in [0.05, 0.1) is 18.4 Å². The number of methoxy groups -OCH3 is 1. The van der Waals surface area contributed by atoms with Crippen LogP contribution in [-0.4, -0.2) is 41.1 Å². The molecule has 1 amide bonds. The Morgan fingerprint density at radius 3 is 2.68 bits per heavy atom. The first kappa shape index (κ1) is 23.7. The SMILES string of the molecule is COc1ccc(CN2CCC(c3nc(C)ccc3C(=O)NCc3cccc(F)c3)CC2)c(O)c1. The van der Waals surface area contributed by atoms with Gasteiger partial charge in [-0.2, -0.15) is 0 Å². The van der Waals surface area contributed by atoms with Crippen LogP contribution in [0.15, 0.2) is 54.6 Å². The van der Waals surface area contributed by atoms with E-state index in [1.807, 2.05) is 31.2 Å². The molecule has 1 aliphatic rings. The summed E-state index contributed by atoms with van der Waals surface area (Å²) in [6, 6.07) is 15.3. The maximum absolute atomic E-state index is 13.4. The highest BCUT2D eigenvalue weighted by atomic mass is 19.1. The average molecular weight is 464 g/mol. The fourth-order valence-corrected chi connectivity index (χ4v) is 4.41. The van der Waals surface area contributed by atoms with E-state index in [9.17, 15) is 14.3 Å². The Hall–Kier alpha value is -3.45. The summed E-state index contributed by atoms with van der Waals surface area (Å²) in [4.78, 5) is 20.0. The molecule has 0 unspecified atom stereocenters. The van der Waals surface area contributed by atoms with Gasteiger partial charge < -0.3 is 15.2 Å². The maximum atomic E-state index is 13.4. The number of rotatable bonds is 7. The number of ether oxygens (including phenoxy) is 1. The standard InChI is InChI=1S/C27H30FN3O3/c1-18-6-9-24(27(33)29-16-19-4-3-5-22(28)14-19)26(30-18)20-10-12-31(13-11-20)17-21-7-8-23(34-2)15-25(21)32/h3-9,14-15,20,32H,10-13,16-17H2,1-2H3,(H,29,33). The van der Waals surface area contributed by atoms with E-state index in [1.54, 1.807) is 25.3 Å². The van der Waals surface area contributed by atoms with E-state index < -0.39 is 0 Å². The number of aromatic nitrogens is 1. The Balaban J connectivity index is 1.40. The second-order valence-corrected chi connectivity index (χ2v) is 8.74. The third-order valence-corrected chi connectivity index (χ3v) is 6.31. The van der Waals surface area contributed by atoms with Crippen LogP contribution in [0.2, 0.25) is 0 Å². The summed E-state index contributed by atoms with van der Waals surface area (Å²) in [6.45, 7) is 4.53. The average Bonchev–Trinajstić information content (AvgIpc) is 2.84. The van der Waals surface area contributed by atoms with E-state index in [-0.39, 0.29) is 29.9 Å². The third-order valence-electron chi connectivity index (χ3n) is 6.31. The Labute approximate surface area is 199 Å². The summed E-state index contributed by atoms with van der Waals surface area (Å²) in [6.07, 6.45) is 1.75. The van der Waals surface area contributed by atoms with Gasteiger partial charge in [0, 0.05) is 36.3 Å². The van der Waals surface area contributed by atoms with E-state index in [4.69, 9.17) is 9.72 Å². The number of amides is 1. The predicted molar refractivity (Wildman–Crippen MR) is 128 cm³/mol. The zero-order chi connectivity index (χ0) is 24.1. The van der Waals surface area contributed by atoms with E-state index in [0.717, 1.165) is 42.9 Å². The molecule has 0 aliphatic carbocycles. The number of hydrogen-bond donors (Lipinski definition) is 2. The van der Waals surface area contributed by atoms with Crippen LogP contribution in [0.4, 0.5) is 4.39 Å². The summed E-state index contributed by atoms with van der Waals surface area (Å²) < 4.78 is 18.6. The second-order valence-electron chi connectivity index (χ2n) is 8.74. The molecule has 2 aromatic carbocycles. The lowest BCUT2D eigenvalue weighted by atomic mass is 9.89. The highest BCUT2D eigenvalue weighted by Gasteiger charge is 2.26. The smallest absolute Gasteiger partial charge is 0.253 e. The molecular weight excluding hydrogens is 433 g/mol. The van der Waals surface area contributed by atoms with Gasteiger partial charge in [-0.3, -0.25) is 14.7 Å². The summed E-state index contributed by atoms with van der Waals surface area (Å²) in [5.74, 6) is 0.528. The van der Waals surface area contributed by atoms with Crippen LogP contribution >= 0.6 is 0 Å². The molecule has 0 atom stereocenters. The van der Waals surface area contributed by atoms with Crippen molar-refractivity contribution in [1.29, 1.82) is 0 Å². The minimum Gasteiger partial charge on any atom is -0.507 e. The van der Waals surface area contributed by atoms with Crippen molar-refractivity contribution in [1.82, 2.24) is 15.2 Å². The molecule has 1 aliphatic heterocycles. The Bertz CT molecular complexity index is 1160. The quantitative estimate of drug-likeness (QED) is 0.538. The lowest BCUT2D eigenvalue weighted by Crippen LogP contribution is -2.34. The second kappa shape index (κ2) is 10.7. The number of hydrogen-bond acceptors (Lipinski definition) is 5. The summed E-state index contributed by atoms with van der Waals surface area (Å²) in [5.41, 5.74) is 3.86. The molecule has 6 nitrogen and oxygen atoms in total. The van der Waals surface area contributed by atoms with Crippen LogP contribution in [0.25, 0.3) is 0 Å². The zero-order valence-electron chi connectivity index (χ0n) is 19.6. The number of piperidine rings is 1. The Kier molecular flexibility index (Phi) is 7.43. The normalized spacial score (nSPS) is 14.7. The fraction of sp³-hybridized carbons (Fsp3) is 0.333. The van der Waals surface area contributed by atoms with Gasteiger partial charge in [-0.05, 0) is 68.8 Å².